The topological polar surface area (TPSA) is 57.2 Å². The normalized spacial score (nSPS) is 19.3. The van der Waals surface area contributed by atoms with Gasteiger partial charge in [0.05, 0.1) is 48.6 Å². The summed E-state index contributed by atoms with van der Waals surface area (Å²) in [6.45, 7) is 1.56. The van der Waals surface area contributed by atoms with Gasteiger partial charge in [-0.25, -0.2) is 4.52 Å². The van der Waals surface area contributed by atoms with E-state index in [4.69, 9.17) is 4.74 Å². The molecule has 1 fully saturated rings. The van der Waals surface area contributed by atoms with E-state index in [2.05, 4.69) is 15.2 Å². The fourth-order valence-electron chi connectivity index (χ4n) is 2.37. The van der Waals surface area contributed by atoms with Crippen LogP contribution in [0.2, 0.25) is 0 Å². The maximum Gasteiger partial charge on any atom is 0.0917 e. The lowest BCUT2D eigenvalue weighted by Crippen LogP contribution is -2.08. The van der Waals surface area contributed by atoms with E-state index in [9.17, 15) is 0 Å². The zero-order valence-electron chi connectivity index (χ0n) is 10.3. The first kappa shape index (κ1) is 10.7. The van der Waals surface area contributed by atoms with E-state index in [0.717, 1.165) is 36.4 Å². The van der Waals surface area contributed by atoms with E-state index in [-0.39, 0.29) is 0 Å². The third-order valence-corrected chi connectivity index (χ3v) is 3.46. The highest BCUT2D eigenvalue weighted by Gasteiger charge is 2.18. The van der Waals surface area contributed by atoms with Gasteiger partial charge in [0.2, 0.25) is 0 Å². The molecular formula is C13H13N5O. The summed E-state index contributed by atoms with van der Waals surface area (Å²) in [5.41, 5.74) is 2.87. The molecule has 3 aromatic heterocycles. The molecule has 4 heterocycles. The molecule has 96 valence electrons. The molecule has 0 bridgehead atoms. The van der Waals surface area contributed by atoms with Gasteiger partial charge in [0.25, 0.3) is 0 Å². The summed E-state index contributed by atoms with van der Waals surface area (Å²) in [7, 11) is 0. The summed E-state index contributed by atoms with van der Waals surface area (Å²) < 4.78 is 9.17. The van der Waals surface area contributed by atoms with E-state index in [1.54, 1.807) is 6.20 Å². The molecule has 19 heavy (non-hydrogen) atoms. The summed E-state index contributed by atoms with van der Waals surface area (Å²) in [5, 5.41) is 8.63. The van der Waals surface area contributed by atoms with Crippen molar-refractivity contribution in [1.82, 2.24) is 24.4 Å². The molecule has 6 nitrogen and oxygen atoms in total. The number of ether oxygens (including phenoxy) is 1. The molecule has 0 spiro atoms. The summed E-state index contributed by atoms with van der Waals surface area (Å²) in [5.74, 6) is 0. The summed E-state index contributed by atoms with van der Waals surface area (Å²) >= 11 is 0. The maximum atomic E-state index is 5.38. The smallest absolute Gasteiger partial charge is 0.0917 e. The zero-order valence-corrected chi connectivity index (χ0v) is 10.3. The largest absolute Gasteiger partial charge is 0.379 e. The molecule has 3 aromatic rings. The highest BCUT2D eigenvalue weighted by atomic mass is 16.5. The lowest BCUT2D eigenvalue weighted by molar-refractivity contribution is 0.184. The highest BCUT2D eigenvalue weighted by molar-refractivity contribution is 5.58. The van der Waals surface area contributed by atoms with E-state index in [1.165, 1.54) is 0 Å². The predicted octanol–water partition coefficient (Wildman–Crippen LogP) is 1.55. The Hall–Kier alpha value is -2.21. The third kappa shape index (κ3) is 1.80. The van der Waals surface area contributed by atoms with E-state index in [1.807, 2.05) is 40.1 Å². The van der Waals surface area contributed by atoms with Crippen molar-refractivity contribution in [1.29, 1.82) is 0 Å². The minimum Gasteiger partial charge on any atom is -0.379 e. The van der Waals surface area contributed by atoms with Gasteiger partial charge in [-0.3, -0.25) is 9.67 Å². The van der Waals surface area contributed by atoms with Crippen LogP contribution in [0.1, 0.15) is 12.5 Å². The Balaban J connectivity index is 1.70. The van der Waals surface area contributed by atoms with Crippen molar-refractivity contribution in [2.24, 2.45) is 0 Å². The van der Waals surface area contributed by atoms with Crippen molar-refractivity contribution in [3.63, 3.8) is 0 Å². The van der Waals surface area contributed by atoms with Crippen LogP contribution in [0, 0.1) is 0 Å². The van der Waals surface area contributed by atoms with Gasteiger partial charge >= 0.3 is 0 Å². The molecule has 4 rings (SSSR count). The van der Waals surface area contributed by atoms with Crippen LogP contribution < -0.4 is 0 Å². The molecule has 0 N–H and O–H groups in total. The number of nitrogens with zero attached hydrogens (tertiary/aromatic N) is 5. The van der Waals surface area contributed by atoms with Crippen LogP contribution in [0.4, 0.5) is 0 Å². The first-order valence-electron chi connectivity index (χ1n) is 6.32. The average Bonchev–Trinajstić information content (AvgIpc) is 3.18. The van der Waals surface area contributed by atoms with Crippen LogP contribution >= 0.6 is 0 Å². The minimum atomic E-state index is 0.349. The van der Waals surface area contributed by atoms with Crippen molar-refractivity contribution < 1.29 is 4.74 Å². The molecule has 0 radical (unpaired) electrons. The van der Waals surface area contributed by atoms with Crippen LogP contribution in [0.3, 0.4) is 0 Å². The number of rotatable bonds is 2. The Morgan fingerprint density at radius 3 is 3.11 bits per heavy atom. The molecule has 1 aliphatic rings. The second-order valence-corrected chi connectivity index (χ2v) is 4.70. The van der Waals surface area contributed by atoms with Gasteiger partial charge in [-0.05, 0) is 12.5 Å². The van der Waals surface area contributed by atoms with Crippen molar-refractivity contribution >= 4 is 5.52 Å². The Labute approximate surface area is 109 Å². The lowest BCUT2D eigenvalue weighted by atomic mass is 10.2. The van der Waals surface area contributed by atoms with E-state index >= 15 is 0 Å². The number of aromatic nitrogens is 5. The quantitative estimate of drug-likeness (QED) is 0.697. The number of hydrogen-bond acceptors (Lipinski definition) is 4. The first-order chi connectivity index (χ1) is 9.40. The molecule has 1 atom stereocenters. The molecule has 1 saturated heterocycles. The van der Waals surface area contributed by atoms with E-state index < -0.39 is 0 Å². The fourth-order valence-corrected chi connectivity index (χ4v) is 2.37. The van der Waals surface area contributed by atoms with Crippen LogP contribution in [-0.4, -0.2) is 37.6 Å². The fraction of sp³-hybridized carbons (Fsp3) is 0.308. The molecular weight excluding hydrogens is 242 g/mol. The van der Waals surface area contributed by atoms with E-state index in [0.29, 0.717) is 6.04 Å². The van der Waals surface area contributed by atoms with Gasteiger partial charge < -0.3 is 4.74 Å². The van der Waals surface area contributed by atoms with Crippen molar-refractivity contribution in [3.05, 3.63) is 37.1 Å². The maximum absolute atomic E-state index is 5.38. The van der Waals surface area contributed by atoms with Crippen LogP contribution in [-0.2, 0) is 4.74 Å². The first-order valence-corrected chi connectivity index (χ1v) is 6.32. The standard InChI is InChI=1S/C13H13N5O/c1-3-15-18-8-13(14-6-11(1)18)10-5-16-17(7-10)12-2-4-19-9-12/h1,3,5-8,12H,2,4,9H2. The van der Waals surface area contributed by atoms with Crippen LogP contribution in [0.5, 0.6) is 0 Å². The van der Waals surface area contributed by atoms with Crippen molar-refractivity contribution in [3.8, 4) is 11.3 Å². The van der Waals surface area contributed by atoms with Gasteiger partial charge in [-0.1, -0.05) is 0 Å². The molecule has 0 saturated carbocycles. The Bertz CT molecular complexity index is 710. The Morgan fingerprint density at radius 2 is 2.21 bits per heavy atom. The summed E-state index contributed by atoms with van der Waals surface area (Å²) in [6, 6.07) is 2.28. The second kappa shape index (κ2) is 4.17. The van der Waals surface area contributed by atoms with Gasteiger partial charge in [0.15, 0.2) is 0 Å². The highest BCUT2D eigenvalue weighted by Crippen LogP contribution is 2.22. The predicted molar refractivity (Wildman–Crippen MR) is 68.7 cm³/mol. The Kier molecular flexibility index (Phi) is 2.34. The van der Waals surface area contributed by atoms with Crippen LogP contribution in [0.25, 0.3) is 16.8 Å². The van der Waals surface area contributed by atoms with Gasteiger partial charge in [0, 0.05) is 18.4 Å². The van der Waals surface area contributed by atoms with Gasteiger partial charge in [-0.15, -0.1) is 0 Å². The lowest BCUT2D eigenvalue weighted by Gasteiger charge is -2.06. The molecule has 1 aliphatic heterocycles. The molecule has 6 heteroatoms. The average molecular weight is 255 g/mol. The molecule has 1 unspecified atom stereocenters. The SMILES string of the molecule is c1cc2cnc(-c3cnn(C4CCOC4)c3)cn2n1. The summed E-state index contributed by atoms with van der Waals surface area (Å²) in [4.78, 5) is 4.44. The minimum absolute atomic E-state index is 0.349. The van der Waals surface area contributed by atoms with Crippen molar-refractivity contribution in [2.45, 2.75) is 12.5 Å². The zero-order chi connectivity index (χ0) is 12.7. The summed E-state index contributed by atoms with van der Waals surface area (Å²) in [6.07, 6.45) is 10.4. The van der Waals surface area contributed by atoms with Gasteiger partial charge in [0.1, 0.15) is 0 Å². The molecule has 0 aliphatic carbocycles. The van der Waals surface area contributed by atoms with Crippen LogP contribution in [0.15, 0.2) is 37.1 Å². The second-order valence-electron chi connectivity index (χ2n) is 4.70. The molecule has 0 aromatic carbocycles. The third-order valence-electron chi connectivity index (χ3n) is 3.46. The monoisotopic (exact) mass is 255 g/mol. The number of hydrogen-bond donors (Lipinski definition) is 0. The number of fused-ring (bicyclic) bond motifs is 1. The molecule has 0 amide bonds. The Morgan fingerprint density at radius 1 is 1.21 bits per heavy atom. The van der Waals surface area contributed by atoms with Gasteiger partial charge in [-0.2, -0.15) is 10.2 Å². The van der Waals surface area contributed by atoms with Crippen molar-refractivity contribution in [2.75, 3.05) is 13.2 Å².